The van der Waals surface area contributed by atoms with Crippen molar-refractivity contribution in [1.29, 1.82) is 0 Å². The second kappa shape index (κ2) is 5.67. The van der Waals surface area contributed by atoms with Crippen LogP contribution < -0.4 is 5.73 Å². The van der Waals surface area contributed by atoms with Gasteiger partial charge in [0.2, 0.25) is 5.91 Å². The molecule has 1 amide bonds. The summed E-state index contributed by atoms with van der Waals surface area (Å²) in [5.41, 5.74) is 5.64. The van der Waals surface area contributed by atoms with Crippen LogP contribution in [0.5, 0.6) is 0 Å². The van der Waals surface area contributed by atoms with E-state index in [1.807, 2.05) is 0 Å². The highest BCUT2D eigenvalue weighted by Crippen LogP contribution is 2.31. The van der Waals surface area contributed by atoms with E-state index in [2.05, 4.69) is 4.90 Å². The van der Waals surface area contributed by atoms with E-state index in [4.69, 9.17) is 5.73 Å². The number of nitrogens with two attached hydrogens (primary N) is 1. The molecular weight excluding hydrogens is 200 g/mol. The van der Waals surface area contributed by atoms with Crippen LogP contribution in [0.3, 0.4) is 0 Å². The SMILES string of the molecule is NCCN(C(=O)C1CCC1)C1CCCCC1. The van der Waals surface area contributed by atoms with Gasteiger partial charge in [-0.15, -0.1) is 0 Å². The second-order valence-corrected chi connectivity index (χ2v) is 5.24. The first-order valence-corrected chi connectivity index (χ1v) is 6.83. The molecule has 0 unspecified atom stereocenters. The summed E-state index contributed by atoms with van der Waals surface area (Å²) in [5.74, 6) is 0.720. The van der Waals surface area contributed by atoms with Crippen LogP contribution in [0, 0.1) is 5.92 Å². The number of amides is 1. The number of carbonyl (C=O) groups is 1. The van der Waals surface area contributed by atoms with Crippen LogP contribution >= 0.6 is 0 Å². The van der Waals surface area contributed by atoms with Gasteiger partial charge < -0.3 is 10.6 Å². The molecule has 2 aliphatic carbocycles. The molecule has 0 radical (unpaired) electrons. The fourth-order valence-electron chi connectivity index (χ4n) is 2.89. The maximum atomic E-state index is 12.3. The second-order valence-electron chi connectivity index (χ2n) is 5.24. The summed E-state index contributed by atoms with van der Waals surface area (Å²) in [6, 6.07) is 0.491. The van der Waals surface area contributed by atoms with E-state index in [1.165, 1.54) is 38.5 Å². The molecule has 0 aliphatic heterocycles. The van der Waals surface area contributed by atoms with E-state index in [0.717, 1.165) is 19.4 Å². The average Bonchev–Trinajstić information content (AvgIpc) is 2.24. The lowest BCUT2D eigenvalue weighted by Gasteiger charge is -2.38. The molecule has 2 rings (SSSR count). The lowest BCUT2D eigenvalue weighted by Crippen LogP contribution is -2.48. The molecule has 2 N–H and O–H groups in total. The van der Waals surface area contributed by atoms with Gasteiger partial charge in [0.25, 0.3) is 0 Å². The molecule has 0 bridgehead atoms. The number of hydrogen-bond donors (Lipinski definition) is 1. The highest BCUT2D eigenvalue weighted by Gasteiger charge is 2.32. The van der Waals surface area contributed by atoms with Crippen LogP contribution in [-0.2, 0) is 4.79 Å². The Morgan fingerprint density at radius 3 is 2.25 bits per heavy atom. The van der Waals surface area contributed by atoms with Crippen LogP contribution in [0.2, 0.25) is 0 Å². The average molecular weight is 224 g/mol. The molecule has 16 heavy (non-hydrogen) atoms. The van der Waals surface area contributed by atoms with Gasteiger partial charge in [-0.3, -0.25) is 4.79 Å². The minimum atomic E-state index is 0.327. The summed E-state index contributed by atoms with van der Waals surface area (Å²) in [7, 11) is 0. The lowest BCUT2D eigenvalue weighted by molar-refractivity contribution is -0.141. The minimum absolute atomic E-state index is 0.327. The molecule has 0 aromatic heterocycles. The lowest BCUT2D eigenvalue weighted by atomic mass is 9.83. The van der Waals surface area contributed by atoms with Gasteiger partial charge in [0.1, 0.15) is 0 Å². The third-order valence-electron chi connectivity index (χ3n) is 4.12. The van der Waals surface area contributed by atoms with Gasteiger partial charge in [-0.1, -0.05) is 25.7 Å². The van der Waals surface area contributed by atoms with Gasteiger partial charge in [0.15, 0.2) is 0 Å². The van der Waals surface area contributed by atoms with Crippen molar-refractivity contribution in [3.63, 3.8) is 0 Å². The molecule has 3 nitrogen and oxygen atoms in total. The predicted octanol–water partition coefficient (Wildman–Crippen LogP) is 1.91. The minimum Gasteiger partial charge on any atom is -0.338 e. The van der Waals surface area contributed by atoms with Crippen LogP contribution in [0.25, 0.3) is 0 Å². The molecule has 92 valence electrons. The number of rotatable bonds is 4. The Hall–Kier alpha value is -0.570. The van der Waals surface area contributed by atoms with Crippen LogP contribution in [0.15, 0.2) is 0 Å². The number of carbonyl (C=O) groups excluding carboxylic acids is 1. The third-order valence-corrected chi connectivity index (χ3v) is 4.12. The third kappa shape index (κ3) is 2.57. The van der Waals surface area contributed by atoms with Gasteiger partial charge in [-0.05, 0) is 25.7 Å². The molecule has 0 aromatic carbocycles. The topological polar surface area (TPSA) is 46.3 Å². The summed E-state index contributed by atoms with van der Waals surface area (Å²) in [6.45, 7) is 1.37. The Labute approximate surface area is 98.4 Å². The summed E-state index contributed by atoms with van der Waals surface area (Å²) >= 11 is 0. The van der Waals surface area contributed by atoms with E-state index < -0.39 is 0 Å². The zero-order valence-electron chi connectivity index (χ0n) is 10.2. The Kier molecular flexibility index (Phi) is 4.22. The van der Waals surface area contributed by atoms with Crippen LogP contribution in [0.4, 0.5) is 0 Å². The normalized spacial score (nSPS) is 22.8. The summed E-state index contributed by atoms with van der Waals surface area (Å²) in [6.07, 6.45) is 9.73. The molecule has 0 heterocycles. The molecule has 0 saturated heterocycles. The first-order valence-electron chi connectivity index (χ1n) is 6.83. The molecule has 0 spiro atoms. The Bertz CT molecular complexity index is 232. The quantitative estimate of drug-likeness (QED) is 0.793. The summed E-state index contributed by atoms with van der Waals surface area (Å²) in [4.78, 5) is 14.4. The van der Waals surface area contributed by atoms with Crippen molar-refractivity contribution in [3.05, 3.63) is 0 Å². The van der Waals surface area contributed by atoms with Crippen molar-refractivity contribution < 1.29 is 4.79 Å². The van der Waals surface area contributed by atoms with Crippen molar-refractivity contribution in [2.45, 2.75) is 57.4 Å². The molecule has 2 aliphatic rings. The first kappa shape index (κ1) is 11.9. The van der Waals surface area contributed by atoms with Crippen molar-refractivity contribution in [2.75, 3.05) is 13.1 Å². The van der Waals surface area contributed by atoms with Crippen molar-refractivity contribution in [2.24, 2.45) is 11.7 Å². The first-order chi connectivity index (χ1) is 7.83. The van der Waals surface area contributed by atoms with E-state index in [-0.39, 0.29) is 0 Å². The van der Waals surface area contributed by atoms with E-state index in [0.29, 0.717) is 24.4 Å². The highest BCUT2D eigenvalue weighted by molar-refractivity contribution is 5.80. The fourth-order valence-corrected chi connectivity index (χ4v) is 2.89. The van der Waals surface area contributed by atoms with Gasteiger partial charge in [0.05, 0.1) is 0 Å². The smallest absolute Gasteiger partial charge is 0.225 e. The number of nitrogens with zero attached hydrogens (tertiary/aromatic N) is 1. The highest BCUT2D eigenvalue weighted by atomic mass is 16.2. The molecule has 3 heteroatoms. The van der Waals surface area contributed by atoms with Crippen molar-refractivity contribution >= 4 is 5.91 Å². The van der Waals surface area contributed by atoms with Gasteiger partial charge in [0, 0.05) is 25.0 Å². The van der Waals surface area contributed by atoms with Crippen LogP contribution in [0.1, 0.15) is 51.4 Å². The Balaban J connectivity index is 1.93. The molecular formula is C13H24N2O. The summed E-state index contributed by atoms with van der Waals surface area (Å²) < 4.78 is 0. The van der Waals surface area contributed by atoms with E-state index in [1.54, 1.807) is 0 Å². The maximum absolute atomic E-state index is 12.3. The standard InChI is InChI=1S/C13H24N2O/c14-9-10-15(12-7-2-1-3-8-12)13(16)11-5-4-6-11/h11-12H,1-10,14H2. The Morgan fingerprint density at radius 2 is 1.75 bits per heavy atom. The van der Waals surface area contributed by atoms with Gasteiger partial charge in [-0.25, -0.2) is 0 Å². The van der Waals surface area contributed by atoms with E-state index in [9.17, 15) is 4.79 Å². The molecule has 0 atom stereocenters. The van der Waals surface area contributed by atoms with Crippen molar-refractivity contribution in [3.8, 4) is 0 Å². The zero-order chi connectivity index (χ0) is 11.4. The monoisotopic (exact) mass is 224 g/mol. The summed E-state index contributed by atoms with van der Waals surface area (Å²) in [5, 5.41) is 0. The largest absolute Gasteiger partial charge is 0.338 e. The fraction of sp³-hybridized carbons (Fsp3) is 0.923. The van der Waals surface area contributed by atoms with Gasteiger partial charge in [-0.2, -0.15) is 0 Å². The zero-order valence-corrected chi connectivity index (χ0v) is 10.2. The molecule has 0 aromatic rings. The maximum Gasteiger partial charge on any atom is 0.225 e. The predicted molar refractivity (Wildman–Crippen MR) is 65.0 cm³/mol. The Morgan fingerprint density at radius 1 is 1.06 bits per heavy atom. The number of hydrogen-bond acceptors (Lipinski definition) is 2. The molecule has 2 saturated carbocycles. The van der Waals surface area contributed by atoms with Gasteiger partial charge >= 0.3 is 0 Å². The van der Waals surface area contributed by atoms with E-state index >= 15 is 0 Å². The molecule has 2 fully saturated rings. The van der Waals surface area contributed by atoms with Crippen LogP contribution in [-0.4, -0.2) is 29.9 Å². The van der Waals surface area contributed by atoms with Crippen molar-refractivity contribution in [1.82, 2.24) is 4.90 Å².